The molecule has 0 radical (unpaired) electrons. The molecule has 0 aliphatic carbocycles. The van der Waals surface area contributed by atoms with Gasteiger partial charge in [0.05, 0.1) is 5.56 Å². The lowest BCUT2D eigenvalue weighted by Gasteiger charge is -2.12. The van der Waals surface area contributed by atoms with E-state index >= 15 is 0 Å². The van der Waals surface area contributed by atoms with E-state index < -0.39 is 30.1 Å². The summed E-state index contributed by atoms with van der Waals surface area (Å²) < 4.78 is 56.8. The zero-order valence-corrected chi connectivity index (χ0v) is 11.2. The van der Waals surface area contributed by atoms with Crippen LogP contribution in [0.3, 0.4) is 0 Å². The fourth-order valence-corrected chi connectivity index (χ4v) is 1.81. The minimum absolute atomic E-state index is 0.182. The van der Waals surface area contributed by atoms with E-state index in [0.717, 1.165) is 6.07 Å². The molecule has 2 aromatic carbocycles. The number of hydrogen-bond acceptors (Lipinski definition) is 2. The van der Waals surface area contributed by atoms with Crippen molar-refractivity contribution in [1.82, 2.24) is 0 Å². The molecule has 1 amide bonds. The minimum atomic E-state index is -4.77. The lowest BCUT2D eigenvalue weighted by Crippen LogP contribution is -2.12. The fraction of sp³-hybridized carbons (Fsp3) is 0.133. The van der Waals surface area contributed by atoms with Gasteiger partial charge < -0.3 is 10.5 Å². The number of ether oxygens (including phenoxy) is 1. The summed E-state index contributed by atoms with van der Waals surface area (Å²) in [6.45, 7) is -0.405. The highest BCUT2D eigenvalue weighted by molar-refractivity contribution is 5.93. The topological polar surface area (TPSA) is 52.3 Å². The second-order valence-electron chi connectivity index (χ2n) is 4.46. The summed E-state index contributed by atoms with van der Waals surface area (Å²) in [6.07, 6.45) is -4.77. The number of halogens is 4. The normalized spacial score (nSPS) is 11.3. The summed E-state index contributed by atoms with van der Waals surface area (Å²) in [4.78, 5) is 11.0. The molecule has 0 aromatic heterocycles. The highest BCUT2D eigenvalue weighted by Crippen LogP contribution is 2.32. The van der Waals surface area contributed by atoms with Crippen LogP contribution >= 0.6 is 0 Å². The standard InChI is InChI=1S/C15H11F4NO2/c16-13-10(4-2-6-12(13)15(17,18)19)8-22-11-5-1-3-9(7-11)14(20)21/h1-7H,8H2,(H2,20,21). The first kappa shape index (κ1) is 15.8. The van der Waals surface area contributed by atoms with Gasteiger partial charge in [-0.3, -0.25) is 4.79 Å². The van der Waals surface area contributed by atoms with Crippen LogP contribution in [0.1, 0.15) is 21.5 Å². The van der Waals surface area contributed by atoms with E-state index in [9.17, 15) is 22.4 Å². The Balaban J connectivity index is 2.19. The average molecular weight is 313 g/mol. The maximum absolute atomic E-state index is 13.8. The number of benzene rings is 2. The Labute approximate surface area is 123 Å². The van der Waals surface area contributed by atoms with Crippen LogP contribution in [0.4, 0.5) is 17.6 Å². The van der Waals surface area contributed by atoms with Crippen LogP contribution < -0.4 is 10.5 Å². The molecular formula is C15H11F4NO2. The zero-order valence-electron chi connectivity index (χ0n) is 11.2. The van der Waals surface area contributed by atoms with Crippen LogP contribution in [0.25, 0.3) is 0 Å². The lowest BCUT2D eigenvalue weighted by molar-refractivity contribution is -0.140. The first-order chi connectivity index (χ1) is 10.3. The van der Waals surface area contributed by atoms with Crippen LogP contribution in [0, 0.1) is 5.82 Å². The van der Waals surface area contributed by atoms with Gasteiger partial charge in [0.15, 0.2) is 0 Å². The van der Waals surface area contributed by atoms with Crippen molar-refractivity contribution in [3.8, 4) is 5.75 Å². The monoisotopic (exact) mass is 313 g/mol. The Morgan fingerprint density at radius 1 is 1.14 bits per heavy atom. The van der Waals surface area contributed by atoms with Crippen molar-refractivity contribution < 1.29 is 27.1 Å². The minimum Gasteiger partial charge on any atom is -0.489 e. The van der Waals surface area contributed by atoms with E-state index in [1.807, 2.05) is 0 Å². The third-order valence-electron chi connectivity index (χ3n) is 2.90. The summed E-state index contributed by atoms with van der Waals surface area (Å²) in [5, 5.41) is 0. The van der Waals surface area contributed by atoms with Gasteiger partial charge in [-0.15, -0.1) is 0 Å². The quantitative estimate of drug-likeness (QED) is 0.878. The molecule has 0 aliphatic rings. The zero-order chi connectivity index (χ0) is 16.3. The molecule has 0 bridgehead atoms. The van der Waals surface area contributed by atoms with Gasteiger partial charge in [-0.2, -0.15) is 13.2 Å². The summed E-state index contributed by atoms with van der Waals surface area (Å²) in [5.41, 5.74) is 3.70. The molecule has 0 fully saturated rings. The molecule has 2 N–H and O–H groups in total. The van der Waals surface area contributed by atoms with E-state index in [1.54, 1.807) is 0 Å². The third kappa shape index (κ3) is 3.55. The number of primary amides is 1. The average Bonchev–Trinajstić information content (AvgIpc) is 2.45. The first-order valence-electron chi connectivity index (χ1n) is 6.16. The van der Waals surface area contributed by atoms with Crippen molar-refractivity contribution >= 4 is 5.91 Å². The summed E-state index contributed by atoms with van der Waals surface area (Å²) in [6, 6.07) is 8.73. The van der Waals surface area contributed by atoms with Crippen molar-refractivity contribution in [2.75, 3.05) is 0 Å². The molecule has 0 unspecified atom stereocenters. The van der Waals surface area contributed by atoms with Gasteiger partial charge in [0.1, 0.15) is 18.2 Å². The molecule has 0 heterocycles. The molecule has 0 atom stereocenters. The smallest absolute Gasteiger partial charge is 0.419 e. The third-order valence-corrected chi connectivity index (χ3v) is 2.90. The van der Waals surface area contributed by atoms with Gasteiger partial charge in [-0.25, -0.2) is 4.39 Å². The molecular weight excluding hydrogens is 302 g/mol. The van der Waals surface area contributed by atoms with E-state index in [-0.39, 0.29) is 16.9 Å². The highest BCUT2D eigenvalue weighted by Gasteiger charge is 2.34. The lowest BCUT2D eigenvalue weighted by atomic mass is 10.1. The van der Waals surface area contributed by atoms with E-state index in [0.29, 0.717) is 6.07 Å². The van der Waals surface area contributed by atoms with E-state index in [2.05, 4.69) is 0 Å². The number of amides is 1. The number of rotatable bonds is 4. The molecule has 2 aromatic rings. The molecule has 3 nitrogen and oxygen atoms in total. The number of hydrogen-bond donors (Lipinski definition) is 1. The summed E-state index contributed by atoms with van der Waals surface area (Å²) in [5.74, 6) is -1.84. The van der Waals surface area contributed by atoms with Gasteiger partial charge >= 0.3 is 6.18 Å². The first-order valence-corrected chi connectivity index (χ1v) is 6.16. The Kier molecular flexibility index (Phi) is 4.35. The molecule has 2 rings (SSSR count). The van der Waals surface area contributed by atoms with Crippen molar-refractivity contribution in [1.29, 1.82) is 0 Å². The Morgan fingerprint density at radius 2 is 1.82 bits per heavy atom. The fourth-order valence-electron chi connectivity index (χ4n) is 1.81. The van der Waals surface area contributed by atoms with Crippen LogP contribution in [-0.2, 0) is 12.8 Å². The predicted molar refractivity (Wildman–Crippen MR) is 70.7 cm³/mol. The number of nitrogens with two attached hydrogens (primary N) is 1. The molecule has 0 aliphatic heterocycles. The maximum Gasteiger partial charge on any atom is 0.419 e. The van der Waals surface area contributed by atoms with E-state index in [1.165, 1.54) is 30.3 Å². The van der Waals surface area contributed by atoms with Gasteiger partial charge in [0, 0.05) is 11.1 Å². The van der Waals surface area contributed by atoms with Gasteiger partial charge in [0.25, 0.3) is 0 Å². The summed E-state index contributed by atoms with van der Waals surface area (Å²) >= 11 is 0. The SMILES string of the molecule is NC(=O)c1cccc(OCc2cccc(C(F)(F)F)c2F)c1. The molecule has 7 heteroatoms. The predicted octanol–water partition coefficient (Wildman–Crippen LogP) is 3.52. The van der Waals surface area contributed by atoms with Crippen molar-refractivity contribution in [2.45, 2.75) is 12.8 Å². The maximum atomic E-state index is 13.8. The molecule has 0 saturated heterocycles. The van der Waals surface area contributed by atoms with Crippen LogP contribution in [-0.4, -0.2) is 5.91 Å². The van der Waals surface area contributed by atoms with Crippen molar-refractivity contribution in [3.63, 3.8) is 0 Å². The molecule has 22 heavy (non-hydrogen) atoms. The van der Waals surface area contributed by atoms with Crippen LogP contribution in [0.5, 0.6) is 5.75 Å². The van der Waals surface area contributed by atoms with Gasteiger partial charge in [0.2, 0.25) is 5.91 Å². The van der Waals surface area contributed by atoms with Crippen molar-refractivity contribution in [2.24, 2.45) is 5.73 Å². The molecule has 116 valence electrons. The molecule has 0 spiro atoms. The summed E-state index contributed by atoms with van der Waals surface area (Å²) in [7, 11) is 0. The number of alkyl halides is 3. The van der Waals surface area contributed by atoms with Crippen LogP contribution in [0.15, 0.2) is 42.5 Å². The number of carbonyl (C=O) groups is 1. The Hall–Kier alpha value is -2.57. The second-order valence-corrected chi connectivity index (χ2v) is 4.46. The molecule has 0 saturated carbocycles. The highest BCUT2D eigenvalue weighted by atomic mass is 19.4. The van der Waals surface area contributed by atoms with Crippen molar-refractivity contribution in [3.05, 3.63) is 65.0 Å². The largest absolute Gasteiger partial charge is 0.489 e. The Morgan fingerprint density at radius 3 is 2.45 bits per heavy atom. The van der Waals surface area contributed by atoms with Crippen LogP contribution in [0.2, 0.25) is 0 Å². The second kappa shape index (κ2) is 6.05. The van der Waals surface area contributed by atoms with Gasteiger partial charge in [-0.1, -0.05) is 18.2 Å². The number of carbonyl (C=O) groups excluding carboxylic acids is 1. The van der Waals surface area contributed by atoms with Gasteiger partial charge in [-0.05, 0) is 24.3 Å². The van der Waals surface area contributed by atoms with E-state index in [4.69, 9.17) is 10.5 Å². The Bertz CT molecular complexity index is 698.